The highest BCUT2D eigenvalue weighted by Gasteiger charge is 2.27. The number of likely N-dealkylation sites (tertiary alicyclic amines) is 1. The van der Waals surface area contributed by atoms with Gasteiger partial charge in [-0.15, -0.1) is 17.5 Å². The minimum atomic E-state index is 0. The molecule has 1 atom stereocenters. The molecule has 7 nitrogen and oxygen atoms in total. The highest BCUT2D eigenvalue weighted by atomic mass is 35.5. The lowest BCUT2D eigenvalue weighted by atomic mass is 9.88. The SMILES string of the molecule is Cc1ccccc1C1CCCN(C(=O)c2cn(CCN3CCNCC3)nn2)C1.Cl. The first-order chi connectivity index (χ1) is 13.7. The number of aryl methyl sites for hydroxylation is 1. The van der Waals surface area contributed by atoms with Crippen molar-refractivity contribution in [2.45, 2.75) is 32.2 Å². The van der Waals surface area contributed by atoms with Crippen LogP contribution in [-0.2, 0) is 6.54 Å². The van der Waals surface area contributed by atoms with E-state index in [0.29, 0.717) is 11.6 Å². The van der Waals surface area contributed by atoms with Crippen molar-refractivity contribution in [3.63, 3.8) is 0 Å². The van der Waals surface area contributed by atoms with Crippen molar-refractivity contribution in [3.8, 4) is 0 Å². The Morgan fingerprint density at radius 2 is 1.97 bits per heavy atom. The molecule has 1 aromatic carbocycles. The van der Waals surface area contributed by atoms with Gasteiger partial charge in [0.05, 0.1) is 12.7 Å². The molecule has 2 aromatic rings. The second-order valence-electron chi connectivity index (χ2n) is 7.91. The number of hydrogen-bond acceptors (Lipinski definition) is 5. The van der Waals surface area contributed by atoms with Gasteiger partial charge >= 0.3 is 0 Å². The Morgan fingerprint density at radius 1 is 1.17 bits per heavy atom. The predicted molar refractivity (Wildman–Crippen MR) is 116 cm³/mol. The maximum Gasteiger partial charge on any atom is 0.276 e. The molecule has 2 saturated heterocycles. The fourth-order valence-electron chi connectivity index (χ4n) is 4.31. The van der Waals surface area contributed by atoms with Crippen LogP contribution in [-0.4, -0.2) is 76.5 Å². The van der Waals surface area contributed by atoms with Crippen molar-refractivity contribution < 1.29 is 4.79 Å². The molecular formula is C21H31ClN6O. The number of piperidine rings is 1. The topological polar surface area (TPSA) is 66.3 Å². The molecule has 0 aliphatic carbocycles. The number of amides is 1. The van der Waals surface area contributed by atoms with Gasteiger partial charge < -0.3 is 10.2 Å². The lowest BCUT2D eigenvalue weighted by Gasteiger charge is -2.33. The molecule has 158 valence electrons. The molecular weight excluding hydrogens is 388 g/mol. The number of benzene rings is 1. The van der Waals surface area contributed by atoms with Gasteiger partial charge in [0.1, 0.15) is 0 Å². The molecule has 0 spiro atoms. The van der Waals surface area contributed by atoms with Gasteiger partial charge in [0.2, 0.25) is 0 Å². The monoisotopic (exact) mass is 418 g/mol. The lowest BCUT2D eigenvalue weighted by molar-refractivity contribution is 0.0700. The average molecular weight is 419 g/mol. The molecule has 2 aliphatic heterocycles. The van der Waals surface area contributed by atoms with Gasteiger partial charge in [-0.05, 0) is 30.9 Å². The van der Waals surface area contributed by atoms with E-state index in [1.165, 1.54) is 11.1 Å². The first-order valence-corrected chi connectivity index (χ1v) is 10.4. The lowest BCUT2D eigenvalue weighted by Crippen LogP contribution is -2.44. The zero-order valence-corrected chi connectivity index (χ0v) is 17.9. The van der Waals surface area contributed by atoms with Crippen LogP contribution in [0.5, 0.6) is 0 Å². The Bertz CT molecular complexity index is 804. The number of hydrogen-bond donors (Lipinski definition) is 1. The van der Waals surface area contributed by atoms with Crippen LogP contribution in [0.4, 0.5) is 0 Å². The third-order valence-electron chi connectivity index (χ3n) is 5.95. The number of carbonyl (C=O) groups excluding carboxylic acids is 1. The van der Waals surface area contributed by atoms with Crippen molar-refractivity contribution in [1.82, 2.24) is 30.1 Å². The maximum absolute atomic E-state index is 13.0. The summed E-state index contributed by atoms with van der Waals surface area (Å²) in [7, 11) is 0. The third kappa shape index (κ3) is 5.35. The summed E-state index contributed by atoms with van der Waals surface area (Å²) in [4.78, 5) is 17.3. The summed E-state index contributed by atoms with van der Waals surface area (Å²) < 4.78 is 1.80. The minimum absolute atomic E-state index is 0. The normalized spacial score (nSPS) is 20.3. The molecule has 8 heteroatoms. The molecule has 1 aromatic heterocycles. The number of carbonyl (C=O) groups is 1. The van der Waals surface area contributed by atoms with E-state index in [9.17, 15) is 4.79 Å². The summed E-state index contributed by atoms with van der Waals surface area (Å²) in [6.45, 7) is 9.63. The van der Waals surface area contributed by atoms with Gasteiger partial charge in [0, 0.05) is 51.7 Å². The molecule has 29 heavy (non-hydrogen) atoms. The highest BCUT2D eigenvalue weighted by Crippen LogP contribution is 2.29. The molecule has 2 aliphatic rings. The summed E-state index contributed by atoms with van der Waals surface area (Å²) in [5.74, 6) is 0.411. The second-order valence-corrected chi connectivity index (χ2v) is 7.91. The molecule has 2 fully saturated rings. The Balaban J connectivity index is 0.00000240. The molecule has 4 rings (SSSR count). The van der Waals surface area contributed by atoms with Gasteiger partial charge in [0.15, 0.2) is 5.69 Å². The van der Waals surface area contributed by atoms with Gasteiger partial charge in [-0.1, -0.05) is 29.5 Å². The van der Waals surface area contributed by atoms with Gasteiger partial charge in [0.25, 0.3) is 5.91 Å². The Kier molecular flexibility index (Phi) is 7.64. The van der Waals surface area contributed by atoms with Crippen LogP contribution in [0, 0.1) is 6.92 Å². The molecule has 0 bridgehead atoms. The highest BCUT2D eigenvalue weighted by molar-refractivity contribution is 5.92. The summed E-state index contributed by atoms with van der Waals surface area (Å²) in [6.07, 6.45) is 3.97. The third-order valence-corrected chi connectivity index (χ3v) is 5.95. The molecule has 1 unspecified atom stereocenters. The van der Waals surface area contributed by atoms with Crippen molar-refractivity contribution in [1.29, 1.82) is 0 Å². The molecule has 3 heterocycles. The zero-order chi connectivity index (χ0) is 19.3. The molecule has 1 amide bonds. The van der Waals surface area contributed by atoms with E-state index in [1.54, 1.807) is 4.68 Å². The van der Waals surface area contributed by atoms with E-state index in [4.69, 9.17) is 0 Å². The maximum atomic E-state index is 13.0. The van der Waals surface area contributed by atoms with Crippen molar-refractivity contribution in [2.24, 2.45) is 0 Å². The molecule has 1 N–H and O–H groups in total. The number of piperazine rings is 1. The standard InChI is InChI=1S/C21H30N6O.ClH/c1-17-5-2-3-7-19(17)18-6-4-10-26(15-18)21(28)20-16-27(24-23-20)14-13-25-11-8-22-9-12-25;/h2-3,5,7,16,18,22H,4,6,8-15H2,1H3;1H. The van der Waals surface area contributed by atoms with Crippen molar-refractivity contribution >= 4 is 18.3 Å². The molecule has 0 radical (unpaired) electrons. The van der Waals surface area contributed by atoms with Crippen LogP contribution in [0.1, 0.15) is 40.4 Å². The van der Waals surface area contributed by atoms with E-state index in [0.717, 1.165) is 65.2 Å². The number of rotatable bonds is 5. The first kappa shape index (κ1) is 21.7. The first-order valence-electron chi connectivity index (χ1n) is 10.4. The van der Waals surface area contributed by atoms with E-state index in [2.05, 4.69) is 51.7 Å². The Hall–Kier alpha value is -1.96. The van der Waals surface area contributed by atoms with Crippen LogP contribution in [0.3, 0.4) is 0 Å². The Morgan fingerprint density at radius 3 is 2.76 bits per heavy atom. The Labute approximate surface area is 178 Å². The fraction of sp³-hybridized carbons (Fsp3) is 0.571. The number of aromatic nitrogens is 3. The van der Waals surface area contributed by atoms with E-state index >= 15 is 0 Å². The quantitative estimate of drug-likeness (QED) is 0.803. The average Bonchev–Trinajstić information content (AvgIpc) is 3.22. The van der Waals surface area contributed by atoms with Crippen LogP contribution in [0.2, 0.25) is 0 Å². The molecule has 0 saturated carbocycles. The van der Waals surface area contributed by atoms with Crippen LogP contribution < -0.4 is 5.32 Å². The van der Waals surface area contributed by atoms with E-state index < -0.39 is 0 Å². The number of halogens is 1. The van der Waals surface area contributed by atoms with Crippen molar-refractivity contribution in [3.05, 3.63) is 47.3 Å². The number of nitrogens with one attached hydrogen (secondary N) is 1. The van der Waals surface area contributed by atoms with Crippen LogP contribution in [0.25, 0.3) is 0 Å². The fourth-order valence-corrected chi connectivity index (χ4v) is 4.31. The smallest absolute Gasteiger partial charge is 0.276 e. The van der Waals surface area contributed by atoms with E-state index in [-0.39, 0.29) is 18.3 Å². The summed E-state index contributed by atoms with van der Waals surface area (Å²) >= 11 is 0. The summed E-state index contributed by atoms with van der Waals surface area (Å²) in [5, 5.41) is 11.7. The largest absolute Gasteiger partial charge is 0.337 e. The summed E-state index contributed by atoms with van der Waals surface area (Å²) in [6, 6.07) is 8.51. The van der Waals surface area contributed by atoms with Crippen LogP contribution >= 0.6 is 12.4 Å². The van der Waals surface area contributed by atoms with Gasteiger partial charge in [-0.3, -0.25) is 14.4 Å². The van der Waals surface area contributed by atoms with Crippen LogP contribution in [0.15, 0.2) is 30.5 Å². The summed E-state index contributed by atoms with van der Waals surface area (Å²) in [5.41, 5.74) is 3.13. The second kappa shape index (κ2) is 10.2. The number of nitrogens with zero attached hydrogens (tertiary/aromatic N) is 5. The van der Waals surface area contributed by atoms with Gasteiger partial charge in [-0.2, -0.15) is 0 Å². The van der Waals surface area contributed by atoms with E-state index in [1.807, 2.05) is 11.1 Å². The van der Waals surface area contributed by atoms with Crippen molar-refractivity contribution in [2.75, 3.05) is 45.8 Å². The zero-order valence-electron chi connectivity index (χ0n) is 17.1. The van der Waals surface area contributed by atoms with Gasteiger partial charge in [-0.25, -0.2) is 0 Å². The minimum Gasteiger partial charge on any atom is -0.337 e. The predicted octanol–water partition coefficient (Wildman–Crippen LogP) is 1.93.